The van der Waals surface area contributed by atoms with Gasteiger partial charge in [0.2, 0.25) is 0 Å². The highest BCUT2D eigenvalue weighted by atomic mass is 16.5. The van der Waals surface area contributed by atoms with Gasteiger partial charge in [0.25, 0.3) is 0 Å². The number of aliphatic hydroxyl groups is 1. The molecule has 0 spiro atoms. The van der Waals surface area contributed by atoms with E-state index in [2.05, 4.69) is 34.4 Å². The monoisotopic (exact) mass is 474 g/mol. The molecular formula is C24H38N6O4. The summed E-state index contributed by atoms with van der Waals surface area (Å²) in [5.41, 5.74) is 8.25. The molecule has 10 heteroatoms. The number of urea groups is 1. The first kappa shape index (κ1) is 27.1. The van der Waals surface area contributed by atoms with Crippen molar-refractivity contribution in [3.05, 3.63) is 24.0 Å². The smallest absolute Gasteiger partial charge is 0.315 e. The number of amides is 2. The number of carbonyl (C=O) groups is 1. The third kappa shape index (κ3) is 7.19. The molecule has 0 unspecified atom stereocenters. The summed E-state index contributed by atoms with van der Waals surface area (Å²) >= 11 is 0. The maximum Gasteiger partial charge on any atom is 0.315 e. The Morgan fingerprint density at radius 3 is 2.62 bits per heavy atom. The molecule has 5 N–H and O–H groups in total. The number of hydrogen-bond acceptors (Lipinski definition) is 7. The van der Waals surface area contributed by atoms with E-state index >= 15 is 0 Å². The van der Waals surface area contributed by atoms with Crippen LogP contribution >= 0.6 is 0 Å². The minimum atomic E-state index is -0.228. The predicted octanol–water partition coefficient (Wildman–Crippen LogP) is 3.20. The molecule has 0 atom stereocenters. The van der Waals surface area contributed by atoms with Crippen LogP contribution in [0.4, 0.5) is 10.6 Å². The maximum atomic E-state index is 11.6. The Hall–Kier alpha value is -3.11. The van der Waals surface area contributed by atoms with Gasteiger partial charge in [-0.25, -0.2) is 14.8 Å². The van der Waals surface area contributed by atoms with E-state index in [9.17, 15) is 9.90 Å². The van der Waals surface area contributed by atoms with Crippen molar-refractivity contribution in [1.29, 1.82) is 0 Å². The van der Waals surface area contributed by atoms with Gasteiger partial charge in [0.15, 0.2) is 5.82 Å². The second-order valence-electron chi connectivity index (χ2n) is 8.02. The molecular weight excluding hydrogens is 436 g/mol. The van der Waals surface area contributed by atoms with E-state index in [1.54, 1.807) is 6.07 Å². The van der Waals surface area contributed by atoms with Gasteiger partial charge in [-0.05, 0) is 32.9 Å². The number of benzene rings is 1. The average molecular weight is 475 g/mol. The normalized spacial score (nSPS) is 10.9. The van der Waals surface area contributed by atoms with E-state index in [0.29, 0.717) is 61.3 Å². The number of aliphatic hydroxyl groups excluding tert-OH is 1. The van der Waals surface area contributed by atoms with E-state index in [0.717, 1.165) is 10.9 Å². The Morgan fingerprint density at radius 1 is 1.24 bits per heavy atom. The number of nitrogens with one attached hydrogen (secondary N) is 2. The lowest BCUT2D eigenvalue weighted by Gasteiger charge is -2.12. The lowest BCUT2D eigenvalue weighted by atomic mass is 10.1. The zero-order chi connectivity index (χ0) is 25.1. The first-order valence-electron chi connectivity index (χ1n) is 11.8. The fourth-order valence-electron chi connectivity index (χ4n) is 3.32. The Morgan fingerprint density at radius 2 is 1.97 bits per heavy atom. The van der Waals surface area contributed by atoms with Crippen LogP contribution in [0.15, 0.2) is 18.2 Å². The van der Waals surface area contributed by atoms with Gasteiger partial charge in [-0.2, -0.15) is 0 Å². The second kappa shape index (κ2) is 13.6. The standard InChI is InChI=1S/C21H30N6O4.C3H8/c1-4-30-12-17-26-18-19(27(17)8-9-28)15-6-5-14(11-16(15)25-20(18)22)31-10-7-23-21(29)24-13(2)3;1-3-2/h5-6,11,13,28H,4,7-10,12H2,1-3H3,(H2,22,25)(H2,23,24,29);3H2,1-2H3. The topological polar surface area (TPSA) is 137 Å². The number of aromatic nitrogens is 3. The summed E-state index contributed by atoms with van der Waals surface area (Å²) in [6.45, 7) is 11.9. The number of rotatable bonds is 10. The van der Waals surface area contributed by atoms with Gasteiger partial charge >= 0.3 is 6.03 Å². The summed E-state index contributed by atoms with van der Waals surface area (Å²) in [5, 5.41) is 15.9. The molecule has 0 fully saturated rings. The van der Waals surface area contributed by atoms with E-state index in [1.165, 1.54) is 6.42 Å². The number of nitrogen functional groups attached to an aromatic ring is 1. The van der Waals surface area contributed by atoms with Crippen molar-refractivity contribution >= 4 is 33.8 Å². The van der Waals surface area contributed by atoms with Gasteiger partial charge in [0.1, 0.15) is 30.3 Å². The summed E-state index contributed by atoms with van der Waals surface area (Å²) in [5.74, 6) is 1.62. The number of ether oxygens (including phenoxy) is 2. The van der Waals surface area contributed by atoms with E-state index < -0.39 is 0 Å². The van der Waals surface area contributed by atoms with Crippen LogP contribution in [0.2, 0.25) is 0 Å². The summed E-state index contributed by atoms with van der Waals surface area (Å²) in [4.78, 5) is 20.7. The molecule has 0 saturated heterocycles. The zero-order valence-electron chi connectivity index (χ0n) is 20.9. The number of carbonyl (C=O) groups excluding carboxylic acids is 1. The van der Waals surface area contributed by atoms with E-state index in [1.807, 2.05) is 37.5 Å². The number of anilines is 1. The predicted molar refractivity (Wildman–Crippen MR) is 135 cm³/mol. The van der Waals surface area contributed by atoms with Crippen LogP contribution < -0.4 is 21.1 Å². The van der Waals surface area contributed by atoms with Crippen LogP contribution in [-0.4, -0.2) is 58.1 Å². The number of imidazole rings is 1. The minimum absolute atomic E-state index is 0.0348. The van der Waals surface area contributed by atoms with Crippen molar-refractivity contribution in [3.8, 4) is 5.75 Å². The summed E-state index contributed by atoms with van der Waals surface area (Å²) in [6, 6.07) is 5.39. The lowest BCUT2D eigenvalue weighted by molar-refractivity contribution is 0.125. The average Bonchev–Trinajstić information content (AvgIpc) is 3.14. The van der Waals surface area contributed by atoms with Crippen LogP contribution in [0, 0.1) is 0 Å². The highest BCUT2D eigenvalue weighted by Crippen LogP contribution is 2.31. The van der Waals surface area contributed by atoms with Gasteiger partial charge in [0.05, 0.1) is 24.2 Å². The van der Waals surface area contributed by atoms with Gasteiger partial charge in [-0.15, -0.1) is 0 Å². The molecule has 188 valence electrons. The Bertz CT molecular complexity index is 1070. The van der Waals surface area contributed by atoms with Crippen molar-refractivity contribution in [1.82, 2.24) is 25.2 Å². The minimum Gasteiger partial charge on any atom is -0.492 e. The Labute approximate surface area is 200 Å². The molecule has 3 aromatic rings. The third-order valence-electron chi connectivity index (χ3n) is 4.59. The highest BCUT2D eigenvalue weighted by Gasteiger charge is 2.17. The Balaban J connectivity index is 0.00000129. The number of hydrogen-bond donors (Lipinski definition) is 4. The third-order valence-corrected chi connectivity index (χ3v) is 4.59. The van der Waals surface area contributed by atoms with E-state index in [-0.39, 0.29) is 18.7 Å². The van der Waals surface area contributed by atoms with Crippen LogP contribution in [0.1, 0.15) is 46.9 Å². The molecule has 2 heterocycles. The van der Waals surface area contributed by atoms with Gasteiger partial charge < -0.3 is 35.5 Å². The first-order valence-corrected chi connectivity index (χ1v) is 11.8. The molecule has 2 aromatic heterocycles. The molecule has 0 radical (unpaired) electrons. The largest absolute Gasteiger partial charge is 0.492 e. The molecule has 0 bridgehead atoms. The quantitative estimate of drug-likeness (QED) is 0.331. The van der Waals surface area contributed by atoms with Crippen molar-refractivity contribution < 1.29 is 19.4 Å². The SMILES string of the molecule is CCC.CCOCc1nc2c(N)nc3cc(OCCNC(=O)NC(C)C)ccc3c2n1CCO. The fraction of sp³-hybridized carbons (Fsp3) is 0.542. The van der Waals surface area contributed by atoms with Crippen LogP contribution in [0.3, 0.4) is 0 Å². The van der Waals surface area contributed by atoms with Crippen LogP contribution in [0.25, 0.3) is 21.9 Å². The van der Waals surface area contributed by atoms with Crippen molar-refractivity contribution in [2.45, 2.75) is 60.2 Å². The molecule has 10 nitrogen and oxygen atoms in total. The summed E-state index contributed by atoms with van der Waals surface area (Å²) < 4.78 is 13.2. The zero-order valence-corrected chi connectivity index (χ0v) is 20.9. The van der Waals surface area contributed by atoms with Gasteiger partial charge in [0, 0.05) is 30.6 Å². The number of nitrogens with zero attached hydrogens (tertiary/aromatic N) is 3. The Kier molecular flexibility index (Phi) is 10.8. The van der Waals surface area contributed by atoms with Crippen molar-refractivity contribution in [2.75, 3.05) is 32.1 Å². The van der Waals surface area contributed by atoms with Gasteiger partial charge in [-0.3, -0.25) is 0 Å². The first-order chi connectivity index (χ1) is 16.4. The molecule has 0 aliphatic rings. The van der Waals surface area contributed by atoms with Crippen LogP contribution in [-0.2, 0) is 17.9 Å². The summed E-state index contributed by atoms with van der Waals surface area (Å²) in [7, 11) is 0. The summed E-state index contributed by atoms with van der Waals surface area (Å²) in [6.07, 6.45) is 1.25. The molecule has 0 aliphatic heterocycles. The second-order valence-corrected chi connectivity index (χ2v) is 8.02. The number of nitrogens with two attached hydrogens (primary N) is 1. The van der Waals surface area contributed by atoms with Crippen LogP contribution in [0.5, 0.6) is 5.75 Å². The number of fused-ring (bicyclic) bond motifs is 3. The molecule has 2 amide bonds. The van der Waals surface area contributed by atoms with Crippen molar-refractivity contribution in [2.24, 2.45) is 0 Å². The van der Waals surface area contributed by atoms with E-state index in [4.69, 9.17) is 15.2 Å². The maximum absolute atomic E-state index is 11.6. The van der Waals surface area contributed by atoms with Crippen molar-refractivity contribution in [3.63, 3.8) is 0 Å². The highest BCUT2D eigenvalue weighted by molar-refractivity contribution is 6.06. The molecule has 34 heavy (non-hydrogen) atoms. The molecule has 0 aliphatic carbocycles. The van der Waals surface area contributed by atoms with Gasteiger partial charge in [-0.1, -0.05) is 20.3 Å². The fourth-order valence-corrected chi connectivity index (χ4v) is 3.32. The molecule has 3 rings (SSSR count). The molecule has 1 aromatic carbocycles. The lowest BCUT2D eigenvalue weighted by Crippen LogP contribution is -2.41. The molecule has 0 saturated carbocycles. The number of pyridine rings is 1.